The van der Waals surface area contributed by atoms with Crippen LogP contribution in [-0.2, 0) is 22.4 Å². The molecule has 0 radical (unpaired) electrons. The second-order valence-corrected chi connectivity index (χ2v) is 9.17. The van der Waals surface area contributed by atoms with Gasteiger partial charge in [-0.05, 0) is 66.1 Å². The van der Waals surface area contributed by atoms with E-state index in [-0.39, 0.29) is 24.7 Å². The molecule has 0 fully saturated rings. The minimum Gasteiger partial charge on any atom is -0.493 e. The van der Waals surface area contributed by atoms with Gasteiger partial charge in [0.05, 0.1) is 13.2 Å². The Hall–Kier alpha value is -4.58. The van der Waals surface area contributed by atoms with Gasteiger partial charge in [0.15, 0.2) is 0 Å². The molecule has 39 heavy (non-hydrogen) atoms. The summed E-state index contributed by atoms with van der Waals surface area (Å²) in [7, 11) is 0. The Labute approximate surface area is 230 Å². The summed E-state index contributed by atoms with van der Waals surface area (Å²) in [5.74, 6) is 1.26. The van der Waals surface area contributed by atoms with Gasteiger partial charge in [0, 0.05) is 37.1 Å². The van der Waals surface area contributed by atoms with E-state index in [0.29, 0.717) is 31.0 Å². The van der Waals surface area contributed by atoms with E-state index in [1.165, 1.54) is 11.1 Å². The molecule has 6 heteroatoms. The largest absolute Gasteiger partial charge is 0.493 e. The number of anilines is 2. The van der Waals surface area contributed by atoms with Crippen molar-refractivity contribution in [2.75, 3.05) is 23.8 Å². The molecule has 0 aliphatic carbocycles. The molecule has 4 rings (SSSR count). The number of benzene rings is 4. The fourth-order valence-corrected chi connectivity index (χ4v) is 3.99. The Morgan fingerprint density at radius 1 is 0.513 bits per heavy atom. The first kappa shape index (κ1) is 27.5. The predicted octanol–water partition coefficient (Wildman–Crippen LogP) is 6.68. The normalized spacial score (nSPS) is 10.5. The molecule has 0 aliphatic rings. The van der Waals surface area contributed by atoms with Gasteiger partial charge in [-0.15, -0.1) is 0 Å². The summed E-state index contributed by atoms with van der Waals surface area (Å²) in [6, 6.07) is 35.0. The molecule has 0 bridgehead atoms. The Kier molecular flexibility index (Phi) is 10.5. The van der Waals surface area contributed by atoms with E-state index in [1.807, 2.05) is 84.9 Å². The van der Waals surface area contributed by atoms with E-state index >= 15 is 0 Å². The van der Waals surface area contributed by atoms with E-state index in [1.54, 1.807) is 0 Å². The van der Waals surface area contributed by atoms with Crippen molar-refractivity contribution in [3.05, 3.63) is 120 Å². The first-order chi connectivity index (χ1) is 19.1. The second-order valence-electron chi connectivity index (χ2n) is 9.17. The summed E-state index contributed by atoms with van der Waals surface area (Å²) in [5.41, 5.74) is 3.86. The number of amides is 2. The molecule has 0 aliphatic heterocycles. The third-order valence-electron chi connectivity index (χ3n) is 6.09. The number of ether oxygens (including phenoxy) is 2. The van der Waals surface area contributed by atoms with E-state index in [4.69, 9.17) is 9.47 Å². The summed E-state index contributed by atoms with van der Waals surface area (Å²) >= 11 is 0. The van der Waals surface area contributed by atoms with Crippen LogP contribution < -0.4 is 20.1 Å². The number of hydrogen-bond donors (Lipinski definition) is 2. The highest BCUT2D eigenvalue weighted by Gasteiger charge is 2.07. The van der Waals surface area contributed by atoms with Crippen LogP contribution in [0.5, 0.6) is 11.5 Å². The number of carbonyl (C=O) groups is 2. The van der Waals surface area contributed by atoms with Gasteiger partial charge >= 0.3 is 0 Å². The van der Waals surface area contributed by atoms with Crippen LogP contribution >= 0.6 is 0 Å². The van der Waals surface area contributed by atoms with Gasteiger partial charge in [-0.2, -0.15) is 0 Å². The van der Waals surface area contributed by atoms with Gasteiger partial charge in [-0.3, -0.25) is 9.59 Å². The molecule has 4 aromatic carbocycles. The molecule has 0 saturated carbocycles. The zero-order chi connectivity index (χ0) is 27.1. The van der Waals surface area contributed by atoms with E-state index in [2.05, 4.69) is 34.9 Å². The lowest BCUT2D eigenvalue weighted by Crippen LogP contribution is -2.14. The highest BCUT2D eigenvalue weighted by molar-refractivity contribution is 5.93. The van der Waals surface area contributed by atoms with Crippen LogP contribution in [-0.4, -0.2) is 25.0 Å². The highest BCUT2D eigenvalue weighted by Crippen LogP contribution is 2.18. The van der Waals surface area contributed by atoms with E-state index in [9.17, 15) is 9.59 Å². The van der Waals surface area contributed by atoms with Crippen molar-refractivity contribution >= 4 is 23.2 Å². The van der Waals surface area contributed by atoms with Gasteiger partial charge in [0.2, 0.25) is 11.8 Å². The smallest absolute Gasteiger partial charge is 0.224 e. The molecule has 0 atom stereocenters. The summed E-state index contributed by atoms with van der Waals surface area (Å²) in [4.78, 5) is 24.6. The van der Waals surface area contributed by atoms with Crippen molar-refractivity contribution in [3.63, 3.8) is 0 Å². The Morgan fingerprint density at radius 2 is 0.897 bits per heavy atom. The van der Waals surface area contributed by atoms with Gasteiger partial charge in [0.1, 0.15) is 11.5 Å². The molecule has 2 amide bonds. The lowest BCUT2D eigenvalue weighted by atomic mass is 10.2. The maximum atomic E-state index is 12.3. The van der Waals surface area contributed by atoms with Gasteiger partial charge in [0.25, 0.3) is 0 Å². The monoisotopic (exact) mass is 522 g/mol. The molecular weight excluding hydrogens is 488 g/mol. The first-order valence-corrected chi connectivity index (χ1v) is 13.3. The quantitative estimate of drug-likeness (QED) is 0.194. The van der Waals surface area contributed by atoms with Crippen molar-refractivity contribution in [1.29, 1.82) is 0 Å². The van der Waals surface area contributed by atoms with Gasteiger partial charge < -0.3 is 20.1 Å². The van der Waals surface area contributed by atoms with E-state index < -0.39 is 0 Å². The number of rotatable bonds is 14. The first-order valence-electron chi connectivity index (χ1n) is 13.3. The van der Waals surface area contributed by atoms with Crippen LogP contribution in [0.15, 0.2) is 109 Å². The minimum atomic E-state index is -0.127. The maximum Gasteiger partial charge on any atom is 0.224 e. The Balaban J connectivity index is 1.09. The SMILES string of the molecule is O=C(CCCC(=O)Nc1ccc(OCCc2ccccc2)cc1)Nc1ccc(OCCc2ccccc2)cc1. The minimum absolute atomic E-state index is 0.127. The third-order valence-corrected chi connectivity index (χ3v) is 6.09. The molecule has 4 aromatic rings. The average Bonchev–Trinajstić information content (AvgIpc) is 2.96. The van der Waals surface area contributed by atoms with Crippen molar-refractivity contribution in [1.82, 2.24) is 0 Å². The fraction of sp³-hybridized carbons (Fsp3) is 0.212. The molecule has 0 saturated heterocycles. The van der Waals surface area contributed by atoms with Crippen LogP contribution in [0, 0.1) is 0 Å². The maximum absolute atomic E-state index is 12.3. The molecule has 0 heterocycles. The van der Waals surface area contributed by atoms with Crippen molar-refractivity contribution in [2.24, 2.45) is 0 Å². The van der Waals surface area contributed by atoms with Crippen LogP contribution in [0.1, 0.15) is 30.4 Å². The van der Waals surface area contributed by atoms with Gasteiger partial charge in [-0.25, -0.2) is 0 Å². The Bertz CT molecular complexity index is 1190. The predicted molar refractivity (Wildman–Crippen MR) is 155 cm³/mol. The van der Waals surface area contributed by atoms with Crippen LogP contribution in [0.4, 0.5) is 11.4 Å². The average molecular weight is 523 g/mol. The zero-order valence-corrected chi connectivity index (χ0v) is 22.0. The molecule has 0 aromatic heterocycles. The van der Waals surface area contributed by atoms with Crippen LogP contribution in [0.25, 0.3) is 0 Å². The fourth-order valence-electron chi connectivity index (χ4n) is 3.99. The highest BCUT2D eigenvalue weighted by atomic mass is 16.5. The zero-order valence-electron chi connectivity index (χ0n) is 22.0. The van der Waals surface area contributed by atoms with Crippen LogP contribution in [0.3, 0.4) is 0 Å². The summed E-state index contributed by atoms with van der Waals surface area (Å²) in [6.45, 7) is 1.18. The molecule has 0 spiro atoms. The molecule has 200 valence electrons. The van der Waals surface area contributed by atoms with E-state index in [0.717, 1.165) is 24.3 Å². The molecule has 6 nitrogen and oxygen atoms in total. The molecular formula is C33H34N2O4. The summed E-state index contributed by atoms with van der Waals surface area (Å²) in [6.07, 6.45) is 2.65. The van der Waals surface area contributed by atoms with Gasteiger partial charge in [-0.1, -0.05) is 60.7 Å². The lowest BCUT2D eigenvalue weighted by molar-refractivity contribution is -0.117. The second kappa shape index (κ2) is 15.0. The number of carbonyl (C=O) groups excluding carboxylic acids is 2. The third kappa shape index (κ3) is 10.0. The summed E-state index contributed by atoms with van der Waals surface area (Å²) < 4.78 is 11.6. The van der Waals surface area contributed by atoms with Crippen molar-refractivity contribution in [2.45, 2.75) is 32.1 Å². The van der Waals surface area contributed by atoms with Crippen molar-refractivity contribution < 1.29 is 19.1 Å². The molecule has 2 N–H and O–H groups in total. The van der Waals surface area contributed by atoms with Crippen LogP contribution in [0.2, 0.25) is 0 Å². The lowest BCUT2D eigenvalue weighted by Gasteiger charge is -2.09. The Morgan fingerprint density at radius 3 is 1.28 bits per heavy atom. The standard InChI is InChI=1S/C33H34N2O4/c36-32(34-28-14-18-30(19-15-28)38-24-22-26-8-3-1-4-9-26)12-7-13-33(37)35-29-16-20-31(21-17-29)39-25-23-27-10-5-2-6-11-27/h1-6,8-11,14-21H,7,12-13,22-25H2,(H,34,36)(H,35,37). The topological polar surface area (TPSA) is 76.7 Å². The van der Waals surface area contributed by atoms with Crippen molar-refractivity contribution in [3.8, 4) is 11.5 Å². The number of hydrogen-bond acceptors (Lipinski definition) is 4. The number of nitrogens with one attached hydrogen (secondary N) is 2. The molecule has 0 unspecified atom stereocenters. The summed E-state index contributed by atoms with van der Waals surface area (Å²) in [5, 5.41) is 5.74.